The van der Waals surface area contributed by atoms with Crippen LogP contribution >= 0.6 is 0 Å². The average Bonchev–Trinajstić information content (AvgIpc) is 2.83. The van der Waals surface area contributed by atoms with Gasteiger partial charge in [-0.05, 0) is 19.4 Å². The molecule has 1 aliphatic rings. The Kier molecular flexibility index (Phi) is 5.57. The third-order valence-electron chi connectivity index (χ3n) is 4.24. The number of hydrogen-bond acceptors (Lipinski definition) is 4. The van der Waals surface area contributed by atoms with Gasteiger partial charge in [-0.3, -0.25) is 9.58 Å². The molecule has 2 N–H and O–H groups in total. The van der Waals surface area contributed by atoms with Gasteiger partial charge in [-0.25, -0.2) is 0 Å². The fraction of sp³-hybridized carbons (Fsp3) is 0.800. The molecule has 0 radical (unpaired) electrons. The van der Waals surface area contributed by atoms with Gasteiger partial charge in [0.05, 0.1) is 11.7 Å². The molecule has 1 fully saturated rings. The van der Waals surface area contributed by atoms with E-state index in [4.69, 9.17) is 5.73 Å². The van der Waals surface area contributed by atoms with E-state index in [1.165, 1.54) is 24.2 Å². The monoisotopic (exact) mass is 279 g/mol. The van der Waals surface area contributed by atoms with E-state index in [1.54, 1.807) is 0 Å². The second-order valence-corrected chi connectivity index (χ2v) is 5.69. The van der Waals surface area contributed by atoms with Crippen LogP contribution in [0.2, 0.25) is 0 Å². The van der Waals surface area contributed by atoms with E-state index in [-0.39, 0.29) is 0 Å². The van der Waals surface area contributed by atoms with E-state index >= 15 is 0 Å². The Hall–Kier alpha value is -0.910. The largest absolute Gasteiger partial charge is 0.329 e. The zero-order valence-corrected chi connectivity index (χ0v) is 13.2. The van der Waals surface area contributed by atoms with Gasteiger partial charge < -0.3 is 10.6 Å². The molecule has 0 spiro atoms. The Morgan fingerprint density at radius 3 is 2.50 bits per heavy atom. The molecule has 0 saturated carbocycles. The van der Waals surface area contributed by atoms with Gasteiger partial charge in [0.2, 0.25) is 0 Å². The normalized spacial score (nSPS) is 19.4. The zero-order valence-electron chi connectivity index (χ0n) is 13.2. The van der Waals surface area contributed by atoms with Crippen LogP contribution in [0.4, 0.5) is 0 Å². The number of nitrogens with two attached hydrogens (primary N) is 1. The van der Waals surface area contributed by atoms with Crippen molar-refractivity contribution in [2.45, 2.75) is 32.7 Å². The minimum absolute atomic E-state index is 0.322. The van der Waals surface area contributed by atoms with Gasteiger partial charge in [0.25, 0.3) is 0 Å². The van der Waals surface area contributed by atoms with Crippen LogP contribution in [0, 0.1) is 0 Å². The minimum Gasteiger partial charge on any atom is -0.329 e. The molecule has 0 amide bonds. The van der Waals surface area contributed by atoms with Gasteiger partial charge in [-0.2, -0.15) is 5.10 Å². The summed E-state index contributed by atoms with van der Waals surface area (Å²) in [5.41, 5.74) is 8.58. The topological polar surface area (TPSA) is 50.3 Å². The Balaban J connectivity index is 2.05. The fourth-order valence-corrected chi connectivity index (χ4v) is 3.19. The van der Waals surface area contributed by atoms with Crippen molar-refractivity contribution >= 4 is 0 Å². The smallest absolute Gasteiger partial charge is 0.0670 e. The van der Waals surface area contributed by atoms with Crippen molar-refractivity contribution < 1.29 is 0 Å². The third kappa shape index (κ3) is 3.40. The molecule has 1 unspecified atom stereocenters. The third-order valence-corrected chi connectivity index (χ3v) is 4.24. The van der Waals surface area contributed by atoms with Crippen molar-refractivity contribution in [1.82, 2.24) is 19.6 Å². The summed E-state index contributed by atoms with van der Waals surface area (Å²) in [6.45, 7) is 10.8. The summed E-state index contributed by atoms with van der Waals surface area (Å²) in [5, 5.41) is 4.56. The highest BCUT2D eigenvalue weighted by Gasteiger charge is 2.26. The van der Waals surface area contributed by atoms with E-state index in [1.807, 2.05) is 11.7 Å². The standard InChI is InChI=1S/C15H29N5/c1-4-6-19-7-9-20(10-8-19)15(11-16)13-12-18(3)17-14(13)5-2/h12,15H,4-11,16H2,1-3H3. The second kappa shape index (κ2) is 7.20. The molecule has 1 atom stereocenters. The van der Waals surface area contributed by atoms with Crippen LogP contribution in [0.15, 0.2) is 6.20 Å². The van der Waals surface area contributed by atoms with Crippen LogP contribution in [-0.2, 0) is 13.5 Å². The Morgan fingerprint density at radius 2 is 1.95 bits per heavy atom. The van der Waals surface area contributed by atoms with E-state index in [9.17, 15) is 0 Å². The molecule has 20 heavy (non-hydrogen) atoms. The van der Waals surface area contributed by atoms with Crippen molar-refractivity contribution in [2.24, 2.45) is 12.8 Å². The first-order valence-electron chi connectivity index (χ1n) is 7.88. The summed E-state index contributed by atoms with van der Waals surface area (Å²) >= 11 is 0. The molecule has 2 heterocycles. The molecule has 1 aromatic heterocycles. The summed E-state index contributed by atoms with van der Waals surface area (Å²) in [6, 6.07) is 0.322. The highest BCUT2D eigenvalue weighted by atomic mass is 15.3. The van der Waals surface area contributed by atoms with Crippen molar-refractivity contribution in [3.63, 3.8) is 0 Å². The lowest BCUT2D eigenvalue weighted by Crippen LogP contribution is -2.49. The van der Waals surface area contributed by atoms with E-state index in [0.29, 0.717) is 12.6 Å². The number of nitrogens with zero attached hydrogens (tertiary/aromatic N) is 4. The molecule has 2 rings (SSSR count). The molecule has 1 aliphatic heterocycles. The maximum absolute atomic E-state index is 6.07. The maximum Gasteiger partial charge on any atom is 0.0670 e. The summed E-state index contributed by atoms with van der Waals surface area (Å²) in [7, 11) is 2.00. The number of aromatic nitrogens is 2. The van der Waals surface area contributed by atoms with Crippen LogP contribution in [0.1, 0.15) is 37.6 Å². The summed E-state index contributed by atoms with van der Waals surface area (Å²) in [6.07, 6.45) is 4.36. The van der Waals surface area contributed by atoms with Crippen LogP contribution in [0.3, 0.4) is 0 Å². The van der Waals surface area contributed by atoms with E-state index in [2.05, 4.69) is 34.9 Å². The summed E-state index contributed by atoms with van der Waals surface area (Å²) in [5.74, 6) is 0. The second-order valence-electron chi connectivity index (χ2n) is 5.69. The first-order valence-corrected chi connectivity index (χ1v) is 7.88. The Morgan fingerprint density at radius 1 is 1.25 bits per heavy atom. The molecule has 5 heteroatoms. The number of rotatable bonds is 6. The molecular formula is C15H29N5. The van der Waals surface area contributed by atoms with Crippen molar-refractivity contribution in [1.29, 1.82) is 0 Å². The van der Waals surface area contributed by atoms with Crippen molar-refractivity contribution in [3.8, 4) is 0 Å². The lowest BCUT2D eigenvalue weighted by atomic mass is 10.0. The van der Waals surface area contributed by atoms with Crippen molar-refractivity contribution in [3.05, 3.63) is 17.5 Å². The van der Waals surface area contributed by atoms with Crippen LogP contribution in [-0.4, -0.2) is 58.8 Å². The van der Waals surface area contributed by atoms with Gasteiger partial charge in [-0.15, -0.1) is 0 Å². The molecule has 5 nitrogen and oxygen atoms in total. The summed E-state index contributed by atoms with van der Waals surface area (Å²) < 4.78 is 1.92. The molecule has 114 valence electrons. The van der Waals surface area contributed by atoms with E-state index < -0.39 is 0 Å². The Labute approximate surface area is 122 Å². The lowest BCUT2D eigenvalue weighted by molar-refractivity contribution is 0.0982. The number of aryl methyl sites for hydroxylation is 2. The van der Waals surface area contributed by atoms with Gasteiger partial charge in [0, 0.05) is 51.5 Å². The van der Waals surface area contributed by atoms with Gasteiger partial charge in [0.1, 0.15) is 0 Å². The molecule has 1 saturated heterocycles. The van der Waals surface area contributed by atoms with Crippen LogP contribution in [0.25, 0.3) is 0 Å². The summed E-state index contributed by atoms with van der Waals surface area (Å²) in [4.78, 5) is 5.08. The first kappa shape index (κ1) is 15.5. The number of hydrogen-bond donors (Lipinski definition) is 1. The predicted molar refractivity (Wildman–Crippen MR) is 82.7 cm³/mol. The molecule has 0 aromatic carbocycles. The molecule has 0 bridgehead atoms. The minimum atomic E-state index is 0.322. The van der Waals surface area contributed by atoms with Crippen LogP contribution in [0.5, 0.6) is 0 Å². The highest BCUT2D eigenvalue weighted by Crippen LogP contribution is 2.24. The van der Waals surface area contributed by atoms with E-state index in [0.717, 1.165) is 32.6 Å². The quantitative estimate of drug-likeness (QED) is 0.844. The van der Waals surface area contributed by atoms with Gasteiger partial charge in [0.15, 0.2) is 0 Å². The highest BCUT2D eigenvalue weighted by molar-refractivity contribution is 5.22. The lowest BCUT2D eigenvalue weighted by Gasteiger charge is -2.38. The predicted octanol–water partition coefficient (Wildman–Crippen LogP) is 1.01. The first-order chi connectivity index (χ1) is 9.69. The SMILES string of the molecule is CCCN1CCN(C(CN)c2cn(C)nc2CC)CC1. The molecule has 0 aliphatic carbocycles. The van der Waals surface area contributed by atoms with Gasteiger partial charge >= 0.3 is 0 Å². The maximum atomic E-state index is 6.07. The fourth-order valence-electron chi connectivity index (χ4n) is 3.19. The zero-order chi connectivity index (χ0) is 14.5. The molecule has 1 aromatic rings. The molecular weight excluding hydrogens is 250 g/mol. The van der Waals surface area contributed by atoms with Gasteiger partial charge in [-0.1, -0.05) is 13.8 Å². The van der Waals surface area contributed by atoms with Crippen molar-refractivity contribution in [2.75, 3.05) is 39.3 Å². The Bertz CT molecular complexity index is 406. The number of piperazine rings is 1. The average molecular weight is 279 g/mol. The van der Waals surface area contributed by atoms with Crippen LogP contribution < -0.4 is 5.73 Å².